The molecule has 1 saturated carbocycles. The van der Waals surface area contributed by atoms with Crippen molar-refractivity contribution in [2.45, 2.75) is 58.4 Å². The van der Waals surface area contributed by atoms with Gasteiger partial charge in [-0.25, -0.2) is 19.2 Å². The number of ether oxygens (including phenoxy) is 1. The molecule has 7 rings (SSSR count). The van der Waals surface area contributed by atoms with Crippen LogP contribution in [0.3, 0.4) is 0 Å². The number of pyridine rings is 1. The molecule has 8 nitrogen and oxygen atoms in total. The zero-order valence-electron chi connectivity index (χ0n) is 25.4. The third-order valence-electron chi connectivity index (χ3n) is 9.19. The van der Waals surface area contributed by atoms with Gasteiger partial charge < -0.3 is 19.3 Å². The highest BCUT2D eigenvalue weighted by molar-refractivity contribution is 7.15. The fraction of sp³-hybridized carbons (Fsp3) is 0.371. The number of hydrogen-bond acceptors (Lipinski definition) is 6. The number of amides is 1. The number of morpholine rings is 1. The molecule has 2 aromatic carbocycles. The van der Waals surface area contributed by atoms with Crippen molar-refractivity contribution < 1.29 is 23.8 Å². The lowest BCUT2D eigenvalue weighted by molar-refractivity contribution is -0.135. The summed E-state index contributed by atoms with van der Waals surface area (Å²) in [5, 5.41) is 12.5. The first-order chi connectivity index (χ1) is 21.8. The van der Waals surface area contributed by atoms with Gasteiger partial charge >= 0.3 is 5.97 Å². The average Bonchev–Trinajstić information content (AvgIpc) is 3.56. The molecule has 5 aromatic rings. The van der Waals surface area contributed by atoms with E-state index < -0.39 is 11.8 Å². The van der Waals surface area contributed by atoms with Gasteiger partial charge in [-0.2, -0.15) is 0 Å². The number of aromatic nitrogens is 3. The molecule has 0 bridgehead atoms. The molecule has 2 fully saturated rings. The molecule has 232 valence electrons. The minimum absolute atomic E-state index is 0.0275. The van der Waals surface area contributed by atoms with Gasteiger partial charge in [-0.15, -0.1) is 11.3 Å². The Hall–Kier alpha value is -4.15. The Morgan fingerprint density at radius 3 is 2.51 bits per heavy atom. The van der Waals surface area contributed by atoms with E-state index in [9.17, 15) is 14.7 Å². The number of carboxylic acids is 1. The van der Waals surface area contributed by atoms with E-state index in [2.05, 4.69) is 4.98 Å². The van der Waals surface area contributed by atoms with E-state index in [-0.39, 0.29) is 23.9 Å². The Labute approximate surface area is 264 Å². The first kappa shape index (κ1) is 29.6. The maximum Gasteiger partial charge on any atom is 0.335 e. The van der Waals surface area contributed by atoms with E-state index in [1.165, 1.54) is 6.07 Å². The quantitative estimate of drug-likeness (QED) is 0.212. The predicted molar refractivity (Wildman–Crippen MR) is 173 cm³/mol. The number of nitrogens with zero attached hydrogens (tertiary/aromatic N) is 4. The summed E-state index contributed by atoms with van der Waals surface area (Å²) in [6.45, 7) is 5.79. The molecule has 4 heterocycles. The second kappa shape index (κ2) is 12.0. The van der Waals surface area contributed by atoms with Crippen LogP contribution in [-0.4, -0.2) is 62.7 Å². The standard InChI is InChI=1S/C35H35FN4O4S/c1-20-34(45-21(2)37-20)28-11-9-23-16-26(27(36)18-29(23)38-28)33-32(22-6-4-3-5-7-22)25-10-8-24(35(42)43)17-30(25)40(33)19-31(41)39-12-14-44-15-13-39/h8-11,16-18,22H,3-7,12-15,19H2,1-2H3,(H,42,43). The summed E-state index contributed by atoms with van der Waals surface area (Å²) in [5.41, 5.74) is 5.00. The van der Waals surface area contributed by atoms with Crippen LogP contribution in [0.5, 0.6) is 0 Å². The van der Waals surface area contributed by atoms with Crippen molar-refractivity contribution in [2.24, 2.45) is 0 Å². The lowest BCUT2D eigenvalue weighted by Gasteiger charge is -2.28. The topological polar surface area (TPSA) is 97.5 Å². The van der Waals surface area contributed by atoms with Crippen LogP contribution >= 0.6 is 11.3 Å². The molecule has 0 spiro atoms. The molecule has 0 radical (unpaired) electrons. The van der Waals surface area contributed by atoms with Gasteiger partial charge in [0, 0.05) is 35.5 Å². The van der Waals surface area contributed by atoms with Gasteiger partial charge in [-0.05, 0) is 62.4 Å². The normalized spacial score (nSPS) is 16.1. The maximum absolute atomic E-state index is 16.5. The van der Waals surface area contributed by atoms with Gasteiger partial charge in [0.05, 0.1) is 56.8 Å². The van der Waals surface area contributed by atoms with Crippen LogP contribution in [0.25, 0.3) is 43.6 Å². The van der Waals surface area contributed by atoms with Gasteiger partial charge in [-0.1, -0.05) is 31.4 Å². The van der Waals surface area contributed by atoms with Crippen LogP contribution in [0.4, 0.5) is 4.39 Å². The molecule has 1 amide bonds. The highest BCUT2D eigenvalue weighted by Gasteiger charge is 2.30. The zero-order chi connectivity index (χ0) is 31.2. The number of hydrogen-bond donors (Lipinski definition) is 1. The maximum atomic E-state index is 16.5. The van der Waals surface area contributed by atoms with Crippen molar-refractivity contribution in [3.8, 4) is 21.8 Å². The summed E-state index contributed by atoms with van der Waals surface area (Å²) in [5.74, 6) is -1.41. The van der Waals surface area contributed by atoms with Gasteiger partial charge in [0.25, 0.3) is 0 Å². The molecule has 1 aliphatic heterocycles. The molecule has 1 aliphatic carbocycles. The minimum atomic E-state index is -1.05. The lowest BCUT2D eigenvalue weighted by Crippen LogP contribution is -2.42. The van der Waals surface area contributed by atoms with Gasteiger partial charge in [-0.3, -0.25) is 4.79 Å². The van der Waals surface area contributed by atoms with E-state index in [1.54, 1.807) is 28.4 Å². The summed E-state index contributed by atoms with van der Waals surface area (Å²) in [6, 6.07) is 12.3. The Bertz CT molecular complexity index is 1950. The van der Waals surface area contributed by atoms with Crippen molar-refractivity contribution >= 4 is 45.0 Å². The van der Waals surface area contributed by atoms with E-state index >= 15 is 4.39 Å². The Kier molecular flexibility index (Phi) is 7.87. The van der Waals surface area contributed by atoms with Crippen molar-refractivity contribution in [3.63, 3.8) is 0 Å². The molecule has 45 heavy (non-hydrogen) atoms. The van der Waals surface area contributed by atoms with E-state index in [0.29, 0.717) is 48.6 Å². The number of thiazole rings is 1. The zero-order valence-corrected chi connectivity index (χ0v) is 26.3. The SMILES string of the molecule is Cc1nc(C)c(-c2ccc3cc(-c4c(C5CCCCC5)c5ccc(C(=O)O)cc5n4CC(=O)N4CCOCC4)c(F)cc3n2)s1. The molecule has 2 aliphatic rings. The lowest BCUT2D eigenvalue weighted by atomic mass is 9.81. The summed E-state index contributed by atoms with van der Waals surface area (Å²) in [4.78, 5) is 37.9. The largest absolute Gasteiger partial charge is 0.478 e. The van der Waals surface area contributed by atoms with Crippen LogP contribution in [0.15, 0.2) is 42.5 Å². The van der Waals surface area contributed by atoms with Crippen LogP contribution in [0.1, 0.15) is 64.6 Å². The van der Waals surface area contributed by atoms with Crippen LogP contribution in [-0.2, 0) is 16.1 Å². The fourth-order valence-corrected chi connectivity index (χ4v) is 7.93. The summed E-state index contributed by atoms with van der Waals surface area (Å²) in [7, 11) is 0. The number of aryl methyl sites for hydroxylation is 2. The van der Waals surface area contributed by atoms with Crippen molar-refractivity contribution in [1.29, 1.82) is 0 Å². The van der Waals surface area contributed by atoms with Crippen molar-refractivity contribution in [1.82, 2.24) is 19.4 Å². The first-order valence-electron chi connectivity index (χ1n) is 15.6. The van der Waals surface area contributed by atoms with Gasteiger partial charge in [0.15, 0.2) is 0 Å². The van der Waals surface area contributed by atoms with E-state index in [1.807, 2.05) is 42.7 Å². The van der Waals surface area contributed by atoms with Crippen LogP contribution < -0.4 is 0 Å². The molecule has 1 saturated heterocycles. The number of aromatic carboxylic acids is 1. The smallest absolute Gasteiger partial charge is 0.335 e. The number of carboxylic acid groups (broad SMARTS) is 1. The number of rotatable bonds is 6. The minimum Gasteiger partial charge on any atom is -0.478 e. The third-order valence-corrected chi connectivity index (χ3v) is 10.3. The second-order valence-corrected chi connectivity index (χ2v) is 13.3. The number of benzene rings is 2. The van der Waals surface area contributed by atoms with E-state index in [4.69, 9.17) is 9.72 Å². The molecule has 0 atom stereocenters. The van der Waals surface area contributed by atoms with Crippen LogP contribution in [0.2, 0.25) is 0 Å². The molecule has 3 aromatic heterocycles. The predicted octanol–water partition coefficient (Wildman–Crippen LogP) is 7.34. The average molecular weight is 627 g/mol. The van der Waals surface area contributed by atoms with Crippen molar-refractivity contribution in [2.75, 3.05) is 26.3 Å². The molecule has 0 unspecified atom stereocenters. The van der Waals surface area contributed by atoms with Crippen molar-refractivity contribution in [3.05, 3.63) is 70.1 Å². The molecule has 1 N–H and O–H groups in total. The summed E-state index contributed by atoms with van der Waals surface area (Å²) < 4.78 is 23.8. The third kappa shape index (κ3) is 5.50. The fourth-order valence-electron chi connectivity index (χ4n) is 7.04. The first-order valence-corrected chi connectivity index (χ1v) is 16.4. The number of carbonyl (C=O) groups excluding carboxylic acids is 1. The monoisotopic (exact) mass is 626 g/mol. The van der Waals surface area contributed by atoms with E-state index in [0.717, 1.165) is 69.7 Å². The Balaban J connectivity index is 1.44. The number of fused-ring (bicyclic) bond motifs is 2. The van der Waals surface area contributed by atoms with Gasteiger partial charge in [0.2, 0.25) is 5.91 Å². The summed E-state index contributed by atoms with van der Waals surface area (Å²) in [6.07, 6.45) is 5.20. The highest BCUT2D eigenvalue weighted by atomic mass is 32.1. The summed E-state index contributed by atoms with van der Waals surface area (Å²) >= 11 is 1.57. The van der Waals surface area contributed by atoms with Gasteiger partial charge in [0.1, 0.15) is 12.4 Å². The second-order valence-electron chi connectivity index (χ2n) is 12.1. The molecular formula is C35H35FN4O4S. The molecule has 10 heteroatoms. The number of carbonyl (C=O) groups is 2. The highest BCUT2D eigenvalue weighted by Crippen LogP contribution is 2.45. The Morgan fingerprint density at radius 2 is 1.80 bits per heavy atom. The molecular weight excluding hydrogens is 591 g/mol. The Morgan fingerprint density at radius 1 is 1.02 bits per heavy atom. The van der Waals surface area contributed by atoms with Crippen LogP contribution in [0, 0.1) is 19.7 Å². The number of halogens is 1.